The van der Waals surface area contributed by atoms with Crippen LogP contribution in [0.5, 0.6) is 0 Å². The number of carbonyl (C=O) groups is 4. The molecule has 31 heavy (non-hydrogen) atoms. The van der Waals surface area contributed by atoms with Gasteiger partial charge < -0.3 is 10.1 Å². The molecule has 2 fully saturated rings. The lowest BCUT2D eigenvalue weighted by Crippen LogP contribution is -2.50. The Bertz CT molecular complexity index is 867. The number of amides is 3. The van der Waals surface area contributed by atoms with E-state index >= 15 is 0 Å². The van der Waals surface area contributed by atoms with Crippen LogP contribution in [-0.2, 0) is 14.3 Å². The SMILES string of the molecule is CSc1ccc(C(=O)COC(=O)CN2C(=O)NC3(CCC(C(C)(C)C)CC3)C2=O)cc1. The zero-order valence-electron chi connectivity index (χ0n) is 18.5. The summed E-state index contributed by atoms with van der Waals surface area (Å²) in [4.78, 5) is 51.8. The summed E-state index contributed by atoms with van der Waals surface area (Å²) in [6, 6.07) is 6.42. The second kappa shape index (κ2) is 9.02. The predicted octanol–water partition coefficient (Wildman–Crippen LogP) is 3.66. The molecule has 0 radical (unpaired) electrons. The molecule has 7 nitrogen and oxygen atoms in total. The van der Waals surface area contributed by atoms with Gasteiger partial charge in [-0.1, -0.05) is 32.9 Å². The number of hydrogen-bond acceptors (Lipinski definition) is 6. The predicted molar refractivity (Wildman–Crippen MR) is 118 cm³/mol. The number of benzene rings is 1. The maximum atomic E-state index is 13.0. The Kier molecular flexibility index (Phi) is 6.79. The van der Waals surface area contributed by atoms with Gasteiger partial charge in [0, 0.05) is 10.5 Å². The molecule has 1 aliphatic carbocycles. The Morgan fingerprint density at radius 3 is 2.32 bits per heavy atom. The highest BCUT2D eigenvalue weighted by atomic mass is 32.2. The monoisotopic (exact) mass is 446 g/mol. The molecular weight excluding hydrogens is 416 g/mol. The molecule has 1 N–H and O–H groups in total. The molecule has 0 aromatic heterocycles. The standard InChI is InChI=1S/C23H30N2O5S/c1-22(2,3)16-9-11-23(12-10-16)20(28)25(21(29)24-23)13-19(27)30-14-18(26)15-5-7-17(31-4)8-6-15/h5-8,16H,9-14H2,1-4H3,(H,24,29). The lowest BCUT2D eigenvalue weighted by molar-refractivity contribution is -0.147. The number of urea groups is 1. The fourth-order valence-electron chi connectivity index (χ4n) is 4.32. The van der Waals surface area contributed by atoms with Crippen molar-refractivity contribution in [3.8, 4) is 0 Å². The maximum Gasteiger partial charge on any atom is 0.326 e. The zero-order valence-corrected chi connectivity index (χ0v) is 19.3. The summed E-state index contributed by atoms with van der Waals surface area (Å²) in [5.74, 6) is -1.01. The summed E-state index contributed by atoms with van der Waals surface area (Å²) in [6.45, 7) is 5.63. The fourth-order valence-corrected chi connectivity index (χ4v) is 4.72. The fraction of sp³-hybridized carbons (Fsp3) is 0.565. The highest BCUT2D eigenvalue weighted by Gasteiger charge is 2.53. The number of ether oxygens (including phenoxy) is 1. The van der Waals surface area contributed by atoms with Crippen molar-refractivity contribution in [3.05, 3.63) is 29.8 Å². The van der Waals surface area contributed by atoms with Crippen LogP contribution in [0, 0.1) is 11.3 Å². The van der Waals surface area contributed by atoms with Gasteiger partial charge in [0.1, 0.15) is 12.1 Å². The van der Waals surface area contributed by atoms with Crippen LogP contribution >= 0.6 is 11.8 Å². The summed E-state index contributed by atoms with van der Waals surface area (Å²) in [5, 5.41) is 2.81. The number of nitrogens with one attached hydrogen (secondary N) is 1. The molecule has 0 unspecified atom stereocenters. The molecule has 1 saturated heterocycles. The molecule has 1 spiro atoms. The summed E-state index contributed by atoms with van der Waals surface area (Å²) in [6.07, 6.45) is 4.76. The highest BCUT2D eigenvalue weighted by molar-refractivity contribution is 7.98. The average molecular weight is 447 g/mol. The first kappa shape index (κ1) is 23.3. The molecule has 0 bridgehead atoms. The van der Waals surface area contributed by atoms with Crippen molar-refractivity contribution < 1.29 is 23.9 Å². The lowest BCUT2D eigenvalue weighted by Gasteiger charge is -2.40. The second-order valence-electron chi connectivity index (χ2n) is 9.36. The van der Waals surface area contributed by atoms with E-state index in [4.69, 9.17) is 4.74 Å². The van der Waals surface area contributed by atoms with E-state index in [1.165, 1.54) is 0 Å². The molecule has 3 amide bonds. The Morgan fingerprint density at radius 2 is 1.77 bits per heavy atom. The number of rotatable bonds is 6. The highest BCUT2D eigenvalue weighted by Crippen LogP contribution is 2.43. The van der Waals surface area contributed by atoms with Gasteiger partial charge in [0.15, 0.2) is 12.4 Å². The quantitative estimate of drug-likeness (QED) is 0.310. The van der Waals surface area contributed by atoms with Gasteiger partial charge in [-0.05, 0) is 55.4 Å². The van der Waals surface area contributed by atoms with Crippen molar-refractivity contribution in [2.45, 2.75) is 56.9 Å². The molecule has 0 atom stereocenters. The van der Waals surface area contributed by atoms with Gasteiger partial charge in [-0.2, -0.15) is 0 Å². The van der Waals surface area contributed by atoms with Crippen molar-refractivity contribution in [2.75, 3.05) is 19.4 Å². The minimum absolute atomic E-state index is 0.152. The zero-order chi connectivity index (χ0) is 22.8. The van der Waals surface area contributed by atoms with E-state index in [2.05, 4.69) is 26.1 Å². The third-order valence-electron chi connectivity index (χ3n) is 6.37. The molecule has 2 aliphatic rings. The van der Waals surface area contributed by atoms with Crippen molar-refractivity contribution in [2.24, 2.45) is 11.3 Å². The number of Topliss-reactive ketones (excluding diaryl/α,β-unsaturated/α-hetero) is 1. The van der Waals surface area contributed by atoms with E-state index in [-0.39, 0.29) is 17.1 Å². The number of nitrogens with zero attached hydrogens (tertiary/aromatic N) is 1. The van der Waals surface area contributed by atoms with Crippen LogP contribution in [0.2, 0.25) is 0 Å². The second-order valence-corrected chi connectivity index (χ2v) is 10.2. The number of hydrogen-bond donors (Lipinski definition) is 1. The molecule has 3 rings (SSSR count). The summed E-state index contributed by atoms with van der Waals surface area (Å²) in [7, 11) is 0. The maximum absolute atomic E-state index is 13.0. The molecular formula is C23H30N2O5S. The van der Waals surface area contributed by atoms with Crippen molar-refractivity contribution in [3.63, 3.8) is 0 Å². The normalized spacial score (nSPS) is 23.7. The van der Waals surface area contributed by atoms with Gasteiger partial charge in [0.05, 0.1) is 0 Å². The van der Waals surface area contributed by atoms with E-state index in [1.807, 2.05) is 18.4 Å². The van der Waals surface area contributed by atoms with E-state index < -0.39 is 30.7 Å². The van der Waals surface area contributed by atoms with E-state index in [9.17, 15) is 19.2 Å². The van der Waals surface area contributed by atoms with Crippen LogP contribution in [0.25, 0.3) is 0 Å². The Balaban J connectivity index is 1.53. The molecule has 8 heteroatoms. The van der Waals surface area contributed by atoms with Crippen LogP contribution in [-0.4, -0.2) is 53.5 Å². The minimum atomic E-state index is -0.923. The summed E-state index contributed by atoms with van der Waals surface area (Å²) in [5.41, 5.74) is -0.331. The van der Waals surface area contributed by atoms with Crippen LogP contribution in [0.15, 0.2) is 29.2 Å². The third kappa shape index (κ3) is 5.11. The lowest BCUT2D eigenvalue weighted by atomic mass is 9.67. The average Bonchev–Trinajstić information content (AvgIpc) is 2.95. The van der Waals surface area contributed by atoms with Gasteiger partial charge in [-0.3, -0.25) is 19.3 Å². The first-order valence-corrected chi connectivity index (χ1v) is 11.8. The molecule has 1 aliphatic heterocycles. The van der Waals surface area contributed by atoms with Crippen LogP contribution in [0.1, 0.15) is 56.8 Å². The number of imide groups is 1. The molecule has 168 valence electrons. The van der Waals surface area contributed by atoms with Crippen molar-refractivity contribution in [1.82, 2.24) is 10.2 Å². The van der Waals surface area contributed by atoms with E-state index in [0.717, 1.165) is 22.6 Å². The molecule has 1 aromatic rings. The molecule has 1 aromatic carbocycles. The number of esters is 1. The molecule has 1 heterocycles. The number of thioether (sulfide) groups is 1. The van der Waals surface area contributed by atoms with Crippen molar-refractivity contribution in [1.29, 1.82) is 0 Å². The van der Waals surface area contributed by atoms with Crippen LogP contribution < -0.4 is 5.32 Å². The van der Waals surface area contributed by atoms with E-state index in [0.29, 0.717) is 24.3 Å². The Labute approximate surface area is 187 Å². The first-order valence-electron chi connectivity index (χ1n) is 10.5. The largest absolute Gasteiger partial charge is 0.456 e. The van der Waals surface area contributed by atoms with Gasteiger partial charge >= 0.3 is 12.0 Å². The van der Waals surface area contributed by atoms with Gasteiger partial charge in [0.25, 0.3) is 5.91 Å². The van der Waals surface area contributed by atoms with Crippen molar-refractivity contribution >= 4 is 35.5 Å². The molecule has 1 saturated carbocycles. The number of carbonyl (C=O) groups excluding carboxylic acids is 4. The topological polar surface area (TPSA) is 92.8 Å². The first-order chi connectivity index (χ1) is 14.6. The van der Waals surface area contributed by atoms with Gasteiger partial charge in [-0.25, -0.2) is 4.79 Å². The van der Waals surface area contributed by atoms with Crippen LogP contribution in [0.3, 0.4) is 0 Å². The van der Waals surface area contributed by atoms with Gasteiger partial charge in [0.2, 0.25) is 0 Å². The minimum Gasteiger partial charge on any atom is -0.456 e. The van der Waals surface area contributed by atoms with Crippen LogP contribution in [0.4, 0.5) is 4.79 Å². The Morgan fingerprint density at radius 1 is 1.16 bits per heavy atom. The van der Waals surface area contributed by atoms with Gasteiger partial charge in [-0.15, -0.1) is 11.8 Å². The smallest absolute Gasteiger partial charge is 0.326 e. The summed E-state index contributed by atoms with van der Waals surface area (Å²) >= 11 is 1.56. The van der Waals surface area contributed by atoms with E-state index in [1.54, 1.807) is 23.9 Å². The Hall–Kier alpha value is -2.35. The number of ketones is 1. The third-order valence-corrected chi connectivity index (χ3v) is 7.12. The summed E-state index contributed by atoms with van der Waals surface area (Å²) < 4.78 is 5.04.